The number of benzene rings is 4. The molecule has 1 saturated heterocycles. The van der Waals surface area contributed by atoms with E-state index in [-0.39, 0.29) is 74.2 Å². The molecule has 17 nitrogen and oxygen atoms in total. The van der Waals surface area contributed by atoms with Crippen molar-refractivity contribution in [2.24, 2.45) is 0 Å². The molecule has 0 saturated carbocycles. The van der Waals surface area contributed by atoms with Crippen LogP contribution in [-0.4, -0.2) is 76.7 Å². The fraction of sp³-hybridized carbons (Fsp3) is 0.231. The average molecular weight is 1230 g/mol. The van der Waals surface area contributed by atoms with E-state index in [9.17, 15) is 28.5 Å². The highest BCUT2D eigenvalue weighted by molar-refractivity contribution is 9.10. The molecule has 1 fully saturated rings. The zero-order valence-electron chi connectivity index (χ0n) is 39.3. The molecule has 4 aromatic carbocycles. The Balaban J connectivity index is 0.000000159. The Labute approximate surface area is 460 Å². The number of ether oxygens (including phenoxy) is 5. The number of hydrogen-bond acceptors (Lipinski definition) is 15. The Bertz CT molecular complexity index is 3290. The summed E-state index contributed by atoms with van der Waals surface area (Å²) >= 11 is 20.4. The van der Waals surface area contributed by atoms with E-state index in [1.807, 2.05) is 48.5 Å². The summed E-state index contributed by atoms with van der Waals surface area (Å²) in [6.45, 7) is 0.922. The van der Waals surface area contributed by atoms with Crippen LogP contribution < -0.4 is 21.3 Å². The van der Waals surface area contributed by atoms with E-state index in [4.69, 9.17) is 24.7 Å². The number of carbonyl (C=O) groups excluding carboxylic acids is 4. The molecule has 3 N–H and O–H groups in total. The molecule has 2 unspecified atom stereocenters. The van der Waals surface area contributed by atoms with E-state index in [1.165, 1.54) is 39.6 Å². The van der Waals surface area contributed by atoms with Gasteiger partial charge in [0.25, 0.3) is 12.0 Å². The van der Waals surface area contributed by atoms with Gasteiger partial charge < -0.3 is 34.7 Å². The van der Waals surface area contributed by atoms with Crippen molar-refractivity contribution in [3.8, 4) is 28.1 Å². The van der Waals surface area contributed by atoms with Crippen molar-refractivity contribution in [3.05, 3.63) is 169 Å². The number of pyridine rings is 2. The van der Waals surface area contributed by atoms with Gasteiger partial charge in [-0.2, -0.15) is 0 Å². The number of hydrogen-bond donors (Lipinski definition) is 2. The zero-order chi connectivity index (χ0) is 53.2. The minimum Gasteiger partial charge on any atom is -0.433 e. The molecule has 11 rings (SSSR count). The van der Waals surface area contributed by atoms with E-state index in [0.717, 1.165) is 20.1 Å². The van der Waals surface area contributed by atoms with Crippen LogP contribution in [0.3, 0.4) is 0 Å². The Morgan fingerprint density at radius 3 is 1.64 bits per heavy atom. The summed E-state index contributed by atoms with van der Waals surface area (Å²) in [4.78, 5) is 70.9. The molecular formula is C52H44Br2Cl3N6O11P. The van der Waals surface area contributed by atoms with Gasteiger partial charge in [-0.1, -0.05) is 97.1 Å². The van der Waals surface area contributed by atoms with Gasteiger partial charge in [-0.3, -0.25) is 23.5 Å². The van der Waals surface area contributed by atoms with E-state index < -0.39 is 17.5 Å². The lowest BCUT2D eigenvalue weighted by molar-refractivity contribution is -0.121. The van der Waals surface area contributed by atoms with Crippen molar-refractivity contribution in [1.29, 1.82) is 0 Å². The number of nitrogens with zero attached hydrogens (tertiary/aromatic N) is 4. The van der Waals surface area contributed by atoms with Crippen molar-refractivity contribution in [1.82, 2.24) is 24.8 Å². The van der Waals surface area contributed by atoms with Crippen LogP contribution in [0.15, 0.2) is 135 Å². The van der Waals surface area contributed by atoms with Crippen molar-refractivity contribution < 1.29 is 47.4 Å². The van der Waals surface area contributed by atoms with Gasteiger partial charge in [0.1, 0.15) is 32.3 Å². The van der Waals surface area contributed by atoms with Gasteiger partial charge in [-0.25, -0.2) is 24.5 Å². The van der Waals surface area contributed by atoms with Crippen LogP contribution in [0.1, 0.15) is 65.2 Å². The van der Waals surface area contributed by atoms with E-state index in [1.54, 1.807) is 22.9 Å². The Morgan fingerprint density at radius 1 is 0.693 bits per heavy atom. The number of anilines is 1. The number of halogens is 5. The molecule has 388 valence electrons. The predicted molar refractivity (Wildman–Crippen MR) is 290 cm³/mol. The maximum absolute atomic E-state index is 13.0. The molecule has 3 aromatic heterocycles. The topological polar surface area (TPSA) is 230 Å². The quantitative estimate of drug-likeness (QED) is 0.0737. The van der Waals surface area contributed by atoms with E-state index >= 15 is 0 Å². The molecule has 1 amide bonds. The van der Waals surface area contributed by atoms with Crippen LogP contribution in [0.4, 0.5) is 15.3 Å². The molecule has 2 atom stereocenters. The standard InChI is InChI=1S/C26H20BrN3O4.C20H19NO4.C6H5BrN2O2.Cl3OP/c27-15-11-22-24(28-12-15)25(31)30-16(9-10-23(30)29-22)13-33-26(32)34-14-21-19-7-3-1-5-17(19)18-6-2-4-8-20(18)21;22-19-10-9-13(21-19)11-24-20(23)25-12-18-16-7-3-1-5-14(16)15-6-2-4-8-17(15)18;7-4-1-5(8)6(9-2-4)11-3-10;1-5(2,3)4/h1-8,11-12,16,21H,9-10,13-14H2;1-8,13,18H,9-12H2,(H,21,22);1-3H,8H2;. The molecule has 0 radical (unpaired) electrons. The van der Waals surface area contributed by atoms with Crippen molar-refractivity contribution >= 4 is 112 Å². The van der Waals surface area contributed by atoms with Crippen molar-refractivity contribution in [3.63, 3.8) is 0 Å². The molecule has 2 aliphatic carbocycles. The zero-order valence-corrected chi connectivity index (χ0v) is 45.6. The van der Waals surface area contributed by atoms with Crippen LogP contribution in [0, 0.1) is 0 Å². The van der Waals surface area contributed by atoms with E-state index in [0.29, 0.717) is 48.2 Å². The summed E-state index contributed by atoms with van der Waals surface area (Å²) in [6, 6.07) is 35.7. The molecule has 75 heavy (non-hydrogen) atoms. The van der Waals surface area contributed by atoms with Crippen molar-refractivity contribution in [2.45, 2.75) is 49.6 Å². The number of rotatable bonds is 10. The number of nitrogen functional groups attached to an aromatic ring is 1. The van der Waals surface area contributed by atoms with Crippen molar-refractivity contribution in [2.75, 3.05) is 32.2 Å². The number of fused-ring (bicyclic) bond motifs is 8. The molecule has 5 heterocycles. The molecular weight excluding hydrogens is 1180 g/mol. The minimum atomic E-state index is -3.22. The van der Waals surface area contributed by atoms with Crippen LogP contribution in [0.5, 0.6) is 5.88 Å². The van der Waals surface area contributed by atoms with Gasteiger partial charge in [-0.05, 0) is 135 Å². The highest BCUT2D eigenvalue weighted by Gasteiger charge is 2.32. The molecule has 4 aliphatic rings. The Morgan fingerprint density at radius 2 is 1.16 bits per heavy atom. The fourth-order valence-corrected chi connectivity index (χ4v) is 9.89. The first-order chi connectivity index (χ1) is 36.1. The molecule has 7 aromatic rings. The van der Waals surface area contributed by atoms with Gasteiger partial charge in [-0.15, -0.1) is 0 Å². The lowest BCUT2D eigenvalue weighted by Gasteiger charge is -2.16. The first-order valence-electron chi connectivity index (χ1n) is 23.1. The smallest absolute Gasteiger partial charge is 0.433 e. The number of carbonyl (C=O) groups is 4. The van der Waals surface area contributed by atoms with Gasteiger partial charge in [0, 0.05) is 46.0 Å². The summed E-state index contributed by atoms with van der Waals surface area (Å²) in [7, 11) is 0. The van der Waals surface area contributed by atoms with Crippen LogP contribution >= 0.6 is 70.8 Å². The first-order valence-corrected chi connectivity index (χ1v) is 29.1. The maximum atomic E-state index is 13.0. The number of aromatic nitrogens is 4. The normalized spacial score (nSPS) is 15.6. The monoisotopic (exact) mass is 1220 g/mol. The third-order valence-corrected chi connectivity index (χ3v) is 13.3. The van der Waals surface area contributed by atoms with Gasteiger partial charge >= 0.3 is 17.5 Å². The third kappa shape index (κ3) is 13.9. The average Bonchev–Trinajstić information content (AvgIpc) is 4.17. The number of aryl methyl sites for hydroxylation is 1. The molecule has 0 bridgehead atoms. The SMILES string of the molecule is Nc1cc(Br)cnc1OC=O.O=C(OCC1c2ccccc2-c2ccccc21)OCC1CCc2nc3cc(Br)cnc3c(=O)n21.O=C1CCC(COC(=O)OCC2c3ccccc3-c3ccccc32)N1.O=P(Cl)(Cl)Cl. The minimum absolute atomic E-state index is 0.00105. The lowest BCUT2D eigenvalue weighted by atomic mass is 9.98. The maximum Gasteiger partial charge on any atom is 0.508 e. The fourth-order valence-electron chi connectivity index (χ4n) is 9.22. The van der Waals surface area contributed by atoms with Gasteiger partial charge in [0.2, 0.25) is 11.8 Å². The van der Waals surface area contributed by atoms with Gasteiger partial charge in [0.05, 0.1) is 23.3 Å². The van der Waals surface area contributed by atoms with Crippen LogP contribution in [0.2, 0.25) is 0 Å². The first kappa shape index (κ1) is 54.9. The highest BCUT2D eigenvalue weighted by Crippen LogP contribution is 2.61. The predicted octanol–water partition coefficient (Wildman–Crippen LogP) is 12.0. The van der Waals surface area contributed by atoms with E-state index in [2.05, 4.69) is 139 Å². The summed E-state index contributed by atoms with van der Waals surface area (Å²) in [5.74, 6) is 0.796. The summed E-state index contributed by atoms with van der Waals surface area (Å²) in [5.41, 5.74) is 15.7. The van der Waals surface area contributed by atoms with Gasteiger partial charge in [0.15, 0.2) is 5.52 Å². The second kappa shape index (κ2) is 25.0. The third-order valence-electron chi connectivity index (χ3n) is 12.4. The number of nitrogens with two attached hydrogens (primary N) is 1. The second-order valence-electron chi connectivity index (χ2n) is 17.1. The summed E-state index contributed by atoms with van der Waals surface area (Å²) < 4.78 is 38.5. The second-order valence-corrected chi connectivity index (χ2v) is 25.5. The molecule has 23 heteroatoms. The largest absolute Gasteiger partial charge is 0.508 e. The summed E-state index contributed by atoms with van der Waals surface area (Å²) in [6.07, 6.45) is 4.12. The number of nitrogens with one attached hydrogen (secondary N) is 1. The Kier molecular flexibility index (Phi) is 18.3. The summed E-state index contributed by atoms with van der Waals surface area (Å²) in [5, 5.41) is -0.461. The van der Waals surface area contributed by atoms with Crippen LogP contribution in [0.25, 0.3) is 33.3 Å². The Hall–Kier alpha value is -6.34. The van der Waals surface area contributed by atoms with Crippen LogP contribution in [-0.2, 0) is 39.5 Å². The molecule has 0 spiro atoms. The molecule has 2 aliphatic heterocycles. The highest BCUT2D eigenvalue weighted by atomic mass is 79.9. The lowest BCUT2D eigenvalue weighted by Crippen LogP contribution is -2.31. The number of amides is 1.